The summed E-state index contributed by atoms with van der Waals surface area (Å²) in [4.78, 5) is 17.1. The molecule has 0 aliphatic carbocycles. The van der Waals surface area contributed by atoms with Crippen molar-refractivity contribution in [1.82, 2.24) is 14.1 Å². The molecule has 1 aromatic rings. The number of alkyl halides is 6. The molecule has 3 fully saturated rings. The molecule has 0 aromatic heterocycles. The predicted octanol–water partition coefficient (Wildman–Crippen LogP) is 3.77. The van der Waals surface area contributed by atoms with Gasteiger partial charge in [-0.3, -0.25) is 4.90 Å². The van der Waals surface area contributed by atoms with Gasteiger partial charge < -0.3 is 14.5 Å². The zero-order valence-corrected chi connectivity index (χ0v) is 22.5. The maximum Gasteiger partial charge on any atom is 0.425 e. The Balaban J connectivity index is 1.40. The minimum absolute atomic E-state index is 0.128. The van der Waals surface area contributed by atoms with Crippen molar-refractivity contribution in [1.29, 1.82) is 0 Å². The summed E-state index contributed by atoms with van der Waals surface area (Å²) < 4.78 is 108. The summed E-state index contributed by atoms with van der Waals surface area (Å²) in [5, 5.41) is 0. The normalized spacial score (nSPS) is 22.1. The van der Waals surface area contributed by atoms with Gasteiger partial charge in [0.25, 0.3) is 0 Å². The number of benzene rings is 1. The van der Waals surface area contributed by atoms with Crippen molar-refractivity contribution in [3.8, 4) is 0 Å². The third-order valence-corrected chi connectivity index (χ3v) is 9.12. The van der Waals surface area contributed by atoms with E-state index in [-0.39, 0.29) is 18.5 Å². The molecular weight excluding hydrogens is 554 g/mol. The number of rotatable bonds is 5. The molecule has 4 rings (SSSR count). The van der Waals surface area contributed by atoms with E-state index in [9.17, 15) is 39.6 Å². The molecule has 0 bridgehead atoms. The standard InChI is InChI=1S/C24H32F6N4O4S/c1-17(23(25,26)27)38-21(35)32-11-9-31(10-12-32)14-18-3-4-19(24(28,29)30)13-20(18)33-15-22(16-33)5-7-34(8-6-22)39(2,36)37/h3-4,13,17H,5-12,14-16H2,1-2H3. The minimum Gasteiger partial charge on any atom is -0.437 e. The van der Waals surface area contributed by atoms with Gasteiger partial charge in [-0.2, -0.15) is 26.3 Å². The summed E-state index contributed by atoms with van der Waals surface area (Å²) in [5.74, 6) is 0. The van der Waals surface area contributed by atoms with Gasteiger partial charge >= 0.3 is 18.4 Å². The Morgan fingerprint density at radius 2 is 1.59 bits per heavy atom. The average molecular weight is 587 g/mol. The van der Waals surface area contributed by atoms with Crippen molar-refractivity contribution < 1.29 is 44.3 Å². The lowest BCUT2D eigenvalue weighted by atomic mass is 9.72. The van der Waals surface area contributed by atoms with Crippen LogP contribution in [0.3, 0.4) is 0 Å². The van der Waals surface area contributed by atoms with E-state index < -0.39 is 40.1 Å². The molecule has 3 saturated heterocycles. The quantitative estimate of drug-likeness (QED) is 0.490. The molecule has 3 aliphatic rings. The van der Waals surface area contributed by atoms with Crippen molar-refractivity contribution in [3.05, 3.63) is 29.3 Å². The molecule has 1 unspecified atom stereocenters. The van der Waals surface area contributed by atoms with Crippen molar-refractivity contribution in [2.24, 2.45) is 5.41 Å². The largest absolute Gasteiger partial charge is 0.437 e. The summed E-state index contributed by atoms with van der Waals surface area (Å²) in [5.41, 5.74) is 0.224. The predicted molar refractivity (Wildman–Crippen MR) is 131 cm³/mol. The molecule has 0 saturated carbocycles. The van der Waals surface area contributed by atoms with Crippen molar-refractivity contribution in [2.75, 3.05) is 63.5 Å². The molecule has 3 heterocycles. The van der Waals surface area contributed by atoms with Crippen LogP contribution in [-0.4, -0.2) is 99.5 Å². The fraction of sp³-hybridized carbons (Fsp3) is 0.708. The lowest BCUT2D eigenvalue weighted by molar-refractivity contribution is -0.200. The number of piperazine rings is 1. The number of carbonyl (C=O) groups excluding carboxylic acids is 1. The molecule has 15 heteroatoms. The number of hydrogen-bond acceptors (Lipinski definition) is 6. The van der Waals surface area contributed by atoms with E-state index >= 15 is 0 Å². The van der Waals surface area contributed by atoms with Crippen LogP contribution in [0.2, 0.25) is 0 Å². The average Bonchev–Trinajstić information content (AvgIpc) is 2.81. The molecule has 220 valence electrons. The van der Waals surface area contributed by atoms with E-state index in [1.807, 2.05) is 9.80 Å². The molecule has 1 amide bonds. The zero-order chi connectivity index (χ0) is 28.8. The third kappa shape index (κ3) is 6.91. The fourth-order valence-corrected chi connectivity index (χ4v) is 6.18. The summed E-state index contributed by atoms with van der Waals surface area (Å²) in [6.45, 7) is 3.78. The van der Waals surface area contributed by atoms with Gasteiger partial charge in [0, 0.05) is 70.0 Å². The van der Waals surface area contributed by atoms with Gasteiger partial charge in [-0.05, 0) is 37.5 Å². The number of sulfonamides is 1. The van der Waals surface area contributed by atoms with E-state index in [4.69, 9.17) is 0 Å². The maximum absolute atomic E-state index is 13.5. The molecule has 39 heavy (non-hydrogen) atoms. The topological polar surface area (TPSA) is 73.4 Å². The number of hydrogen-bond donors (Lipinski definition) is 0. The second kappa shape index (κ2) is 10.6. The molecule has 1 spiro atoms. The van der Waals surface area contributed by atoms with Gasteiger partial charge in [-0.25, -0.2) is 17.5 Å². The van der Waals surface area contributed by atoms with E-state index in [1.54, 1.807) is 0 Å². The highest BCUT2D eigenvalue weighted by Gasteiger charge is 2.47. The number of piperidine rings is 1. The summed E-state index contributed by atoms with van der Waals surface area (Å²) in [6.07, 6.45) is -10.0. The van der Waals surface area contributed by atoms with Crippen molar-refractivity contribution >= 4 is 21.8 Å². The number of halogens is 6. The lowest BCUT2D eigenvalue weighted by Gasteiger charge is -2.55. The Labute approximate surface area is 223 Å². The number of carbonyl (C=O) groups is 1. The van der Waals surface area contributed by atoms with Crippen LogP contribution >= 0.6 is 0 Å². The maximum atomic E-state index is 13.5. The zero-order valence-electron chi connectivity index (χ0n) is 21.7. The smallest absolute Gasteiger partial charge is 0.425 e. The van der Waals surface area contributed by atoms with Crippen molar-refractivity contribution in [3.63, 3.8) is 0 Å². The van der Waals surface area contributed by atoms with E-state index in [0.717, 1.165) is 19.1 Å². The number of nitrogens with zero attached hydrogens (tertiary/aromatic N) is 4. The molecule has 0 N–H and O–H groups in total. The Bertz CT molecular complexity index is 1150. The molecule has 1 aromatic carbocycles. The highest BCUT2D eigenvalue weighted by molar-refractivity contribution is 7.88. The van der Waals surface area contributed by atoms with Crippen LogP contribution in [0.5, 0.6) is 0 Å². The van der Waals surface area contributed by atoms with Crippen LogP contribution in [0, 0.1) is 5.41 Å². The Kier molecular flexibility index (Phi) is 8.09. The summed E-state index contributed by atoms with van der Waals surface area (Å²) in [7, 11) is -3.29. The summed E-state index contributed by atoms with van der Waals surface area (Å²) >= 11 is 0. The first-order valence-corrected chi connectivity index (χ1v) is 14.5. The molecule has 1 atom stereocenters. The fourth-order valence-electron chi connectivity index (χ4n) is 5.33. The van der Waals surface area contributed by atoms with Gasteiger partial charge in [-0.1, -0.05) is 6.07 Å². The number of amides is 1. The number of anilines is 1. The summed E-state index contributed by atoms with van der Waals surface area (Å²) in [6, 6.07) is 3.62. The molecule has 8 nitrogen and oxygen atoms in total. The first-order chi connectivity index (χ1) is 18.0. The highest BCUT2D eigenvalue weighted by Crippen LogP contribution is 2.45. The van der Waals surface area contributed by atoms with Crippen LogP contribution in [0.1, 0.15) is 30.9 Å². The minimum atomic E-state index is -4.66. The van der Waals surface area contributed by atoms with Gasteiger partial charge in [-0.15, -0.1) is 0 Å². The Morgan fingerprint density at radius 3 is 2.10 bits per heavy atom. The van der Waals surface area contributed by atoms with Crippen LogP contribution < -0.4 is 4.90 Å². The lowest BCUT2D eigenvalue weighted by Crippen LogP contribution is -2.61. The monoisotopic (exact) mass is 586 g/mol. The van der Waals surface area contributed by atoms with E-state index in [1.165, 1.54) is 21.5 Å². The van der Waals surface area contributed by atoms with Crippen molar-refractivity contribution in [2.45, 2.75) is 44.8 Å². The Hall–Kier alpha value is -2.26. The van der Waals surface area contributed by atoms with E-state index in [2.05, 4.69) is 4.74 Å². The van der Waals surface area contributed by atoms with Crippen LogP contribution in [-0.2, 0) is 27.5 Å². The SMILES string of the molecule is CC(OC(=O)N1CCN(Cc2ccc(C(F)(F)F)cc2N2CC3(CCN(S(C)(=O)=O)CC3)C2)CC1)C(F)(F)F. The van der Waals surface area contributed by atoms with Gasteiger partial charge in [0.15, 0.2) is 6.10 Å². The van der Waals surface area contributed by atoms with Crippen LogP contribution in [0.15, 0.2) is 18.2 Å². The first kappa shape index (κ1) is 29.7. The molecule has 3 aliphatic heterocycles. The Morgan fingerprint density at radius 1 is 1.00 bits per heavy atom. The van der Waals surface area contributed by atoms with E-state index in [0.29, 0.717) is 69.9 Å². The second-order valence-electron chi connectivity index (χ2n) is 10.7. The van der Waals surface area contributed by atoms with Crippen LogP contribution in [0.4, 0.5) is 36.8 Å². The van der Waals surface area contributed by atoms with Crippen LogP contribution in [0.25, 0.3) is 0 Å². The third-order valence-electron chi connectivity index (χ3n) is 7.82. The number of ether oxygens (including phenoxy) is 1. The van der Waals surface area contributed by atoms with Gasteiger partial charge in [0.05, 0.1) is 11.8 Å². The molecular formula is C24H32F6N4O4S. The second-order valence-corrected chi connectivity index (χ2v) is 12.7. The molecule has 0 radical (unpaired) electrons. The first-order valence-electron chi connectivity index (χ1n) is 12.6. The highest BCUT2D eigenvalue weighted by atomic mass is 32.2. The van der Waals surface area contributed by atoms with Gasteiger partial charge in [0.1, 0.15) is 0 Å². The van der Waals surface area contributed by atoms with Gasteiger partial charge in [0.2, 0.25) is 10.0 Å².